The molecule has 3 atom stereocenters. The van der Waals surface area contributed by atoms with Crippen LogP contribution in [0.15, 0.2) is 40.2 Å². The van der Waals surface area contributed by atoms with Crippen molar-refractivity contribution in [3.05, 3.63) is 75.9 Å². The molecule has 1 saturated carbocycles. The van der Waals surface area contributed by atoms with E-state index in [0.29, 0.717) is 29.0 Å². The Kier molecular flexibility index (Phi) is 3.92. The second-order valence-electron chi connectivity index (χ2n) is 8.17. The van der Waals surface area contributed by atoms with Gasteiger partial charge >= 0.3 is 0 Å². The van der Waals surface area contributed by atoms with E-state index in [1.807, 2.05) is 6.08 Å². The average Bonchev–Trinajstić information content (AvgIpc) is 3.19. The lowest BCUT2D eigenvalue weighted by molar-refractivity contribution is 0.364. The highest BCUT2D eigenvalue weighted by atomic mass is 19.2. The summed E-state index contributed by atoms with van der Waals surface area (Å²) >= 11 is 0. The molecule has 1 aromatic carbocycles. The summed E-state index contributed by atoms with van der Waals surface area (Å²) in [6.45, 7) is 0.0806. The molecule has 6 rings (SSSR count). The van der Waals surface area contributed by atoms with E-state index in [0.717, 1.165) is 17.7 Å². The molecule has 8 nitrogen and oxygen atoms in total. The third-order valence-electron chi connectivity index (χ3n) is 6.22. The van der Waals surface area contributed by atoms with Crippen molar-refractivity contribution in [3.8, 4) is 0 Å². The van der Waals surface area contributed by atoms with Gasteiger partial charge in [-0.05, 0) is 41.5 Å². The molecule has 32 heavy (non-hydrogen) atoms. The van der Waals surface area contributed by atoms with Gasteiger partial charge in [-0.25, -0.2) is 23.1 Å². The maximum absolute atomic E-state index is 13.5. The van der Waals surface area contributed by atoms with E-state index >= 15 is 0 Å². The fourth-order valence-electron chi connectivity index (χ4n) is 4.56. The zero-order valence-electron chi connectivity index (χ0n) is 16.7. The Morgan fingerprint density at radius 1 is 1.16 bits per heavy atom. The molecule has 2 aliphatic carbocycles. The van der Waals surface area contributed by atoms with E-state index in [1.54, 1.807) is 11.6 Å². The maximum Gasteiger partial charge on any atom is 0.280 e. The van der Waals surface area contributed by atoms with Crippen molar-refractivity contribution in [2.45, 2.75) is 18.9 Å². The van der Waals surface area contributed by atoms with Crippen LogP contribution in [0.4, 0.5) is 13.2 Å². The van der Waals surface area contributed by atoms with Crippen molar-refractivity contribution in [1.29, 1.82) is 0 Å². The molecule has 0 unspecified atom stereocenters. The van der Waals surface area contributed by atoms with Gasteiger partial charge in [0.05, 0.1) is 6.33 Å². The molecule has 0 aliphatic heterocycles. The Morgan fingerprint density at radius 3 is 2.62 bits per heavy atom. The Hall–Kier alpha value is -3.76. The fourth-order valence-corrected chi connectivity index (χ4v) is 4.56. The van der Waals surface area contributed by atoms with Gasteiger partial charge < -0.3 is 9.09 Å². The summed E-state index contributed by atoms with van der Waals surface area (Å²) in [4.78, 5) is 25.3. The third kappa shape index (κ3) is 2.80. The normalized spacial score (nSPS) is 21.8. The lowest BCUT2D eigenvalue weighted by Gasteiger charge is -2.07. The van der Waals surface area contributed by atoms with Crippen molar-refractivity contribution in [3.63, 3.8) is 0 Å². The number of aromatic nitrogens is 6. The molecule has 3 heterocycles. The quantitative estimate of drug-likeness (QED) is 0.453. The highest BCUT2D eigenvalue weighted by Crippen LogP contribution is 2.62. The molecule has 1 fully saturated rings. The number of fused-ring (bicyclic) bond motifs is 2. The highest BCUT2D eigenvalue weighted by Gasteiger charge is 2.55. The number of nitrogens with zero attached hydrogens (tertiary/aromatic N) is 6. The number of hydrogen-bond acceptors (Lipinski definition) is 6. The lowest BCUT2D eigenvalue weighted by atomic mass is 10.0. The minimum Gasteiger partial charge on any atom is -0.337 e. The molecule has 162 valence electrons. The minimum atomic E-state index is -1.47. The summed E-state index contributed by atoms with van der Waals surface area (Å²) in [5.74, 6) is -2.69. The minimum absolute atomic E-state index is 0.0424. The first-order valence-electron chi connectivity index (χ1n) is 9.95. The Bertz CT molecular complexity index is 1460. The van der Waals surface area contributed by atoms with Gasteiger partial charge in [0, 0.05) is 13.0 Å². The molecule has 4 aromatic rings. The number of halogens is 3. The number of aryl methyl sites for hydroxylation is 1. The van der Waals surface area contributed by atoms with Crippen LogP contribution in [0.25, 0.3) is 16.7 Å². The van der Waals surface area contributed by atoms with E-state index in [2.05, 4.69) is 20.1 Å². The van der Waals surface area contributed by atoms with Gasteiger partial charge in [-0.1, -0.05) is 11.2 Å². The number of rotatable bonds is 4. The average molecular weight is 440 g/mol. The van der Waals surface area contributed by atoms with E-state index in [9.17, 15) is 18.0 Å². The van der Waals surface area contributed by atoms with Gasteiger partial charge in [0.15, 0.2) is 34.4 Å². The summed E-state index contributed by atoms with van der Waals surface area (Å²) in [5, 5.41) is 4.06. The standard InChI is InChI=1S/C21H15F3N6O2/c1-29-7-25-20-18(29)21(31)30(8-26-20)6-15-27-19(28-32-15)16-11-2-9(3-12(11)16)10-4-13(22)17(24)14(23)5-10/h2,4-5,7-8,11-12,16H,3,6H2,1H3/t11-,12+,16+/m1/s1. The molecule has 2 aliphatic rings. The fraction of sp³-hybridized carbons (Fsp3) is 0.286. The summed E-state index contributed by atoms with van der Waals surface area (Å²) in [6, 6.07) is 2.03. The summed E-state index contributed by atoms with van der Waals surface area (Å²) in [5.41, 5.74) is 1.62. The molecule has 0 saturated heterocycles. The van der Waals surface area contributed by atoms with Crippen LogP contribution in [-0.2, 0) is 13.6 Å². The molecule has 0 amide bonds. The molecule has 0 radical (unpaired) electrons. The summed E-state index contributed by atoms with van der Waals surface area (Å²) in [7, 11) is 1.72. The number of imidazole rings is 1. The first-order valence-corrected chi connectivity index (χ1v) is 9.95. The first-order chi connectivity index (χ1) is 15.4. The summed E-state index contributed by atoms with van der Waals surface area (Å²) < 4.78 is 48.6. The van der Waals surface area contributed by atoms with Gasteiger partial charge in [-0.2, -0.15) is 4.98 Å². The van der Waals surface area contributed by atoms with Crippen LogP contribution < -0.4 is 5.56 Å². The molecule has 0 bridgehead atoms. The molecule has 11 heteroatoms. The Labute approximate surface area is 178 Å². The van der Waals surface area contributed by atoms with Crippen LogP contribution in [0, 0.1) is 29.3 Å². The monoisotopic (exact) mass is 440 g/mol. The number of hydrogen-bond donors (Lipinski definition) is 0. The van der Waals surface area contributed by atoms with Gasteiger partial charge in [0.2, 0.25) is 5.89 Å². The van der Waals surface area contributed by atoms with E-state index in [-0.39, 0.29) is 35.7 Å². The van der Waals surface area contributed by atoms with Crippen molar-refractivity contribution in [1.82, 2.24) is 29.2 Å². The predicted molar refractivity (Wildman–Crippen MR) is 105 cm³/mol. The van der Waals surface area contributed by atoms with Gasteiger partial charge in [0.25, 0.3) is 5.56 Å². The van der Waals surface area contributed by atoms with Gasteiger partial charge in [0.1, 0.15) is 12.9 Å². The molecule has 3 aromatic heterocycles. The van der Waals surface area contributed by atoms with Crippen LogP contribution in [-0.4, -0.2) is 29.2 Å². The maximum atomic E-state index is 13.5. The van der Waals surface area contributed by atoms with Gasteiger partial charge in [-0.15, -0.1) is 0 Å². The van der Waals surface area contributed by atoms with Crippen LogP contribution >= 0.6 is 0 Å². The van der Waals surface area contributed by atoms with E-state index in [1.165, 1.54) is 17.2 Å². The molecule has 0 N–H and O–H groups in total. The number of benzene rings is 1. The highest BCUT2D eigenvalue weighted by molar-refractivity contribution is 5.71. The zero-order chi connectivity index (χ0) is 22.1. The van der Waals surface area contributed by atoms with E-state index in [4.69, 9.17) is 4.52 Å². The van der Waals surface area contributed by atoms with Crippen LogP contribution in [0.1, 0.15) is 29.6 Å². The molecular formula is C21H15F3N6O2. The SMILES string of the molecule is Cn1cnc2ncn(Cc3nc([C@H]4[C@@H]5C=C(c6cc(F)c(F)c(F)c6)C[C@@H]54)no3)c(=O)c21. The second kappa shape index (κ2) is 6.62. The predicted octanol–water partition coefficient (Wildman–Crippen LogP) is 2.80. The van der Waals surface area contributed by atoms with Crippen molar-refractivity contribution >= 4 is 16.7 Å². The lowest BCUT2D eigenvalue weighted by Crippen LogP contribution is -2.22. The zero-order valence-corrected chi connectivity index (χ0v) is 16.7. The smallest absolute Gasteiger partial charge is 0.280 e. The Morgan fingerprint density at radius 2 is 1.91 bits per heavy atom. The summed E-state index contributed by atoms with van der Waals surface area (Å²) in [6.07, 6.45) is 5.44. The third-order valence-corrected chi connectivity index (χ3v) is 6.22. The Balaban J connectivity index is 1.20. The van der Waals surface area contributed by atoms with E-state index < -0.39 is 17.5 Å². The topological polar surface area (TPSA) is 91.6 Å². The second-order valence-corrected chi connectivity index (χ2v) is 8.17. The van der Waals surface area contributed by atoms with Crippen LogP contribution in [0.2, 0.25) is 0 Å². The molecule has 0 spiro atoms. The largest absolute Gasteiger partial charge is 0.337 e. The van der Waals surface area contributed by atoms with Crippen molar-refractivity contribution in [2.75, 3.05) is 0 Å². The van der Waals surface area contributed by atoms with Gasteiger partial charge in [-0.3, -0.25) is 9.36 Å². The number of allylic oxidation sites excluding steroid dienone is 2. The van der Waals surface area contributed by atoms with Crippen molar-refractivity contribution in [2.24, 2.45) is 18.9 Å². The van der Waals surface area contributed by atoms with Crippen LogP contribution in [0.3, 0.4) is 0 Å². The first kappa shape index (κ1) is 19.0. The molecular weight excluding hydrogens is 425 g/mol. The van der Waals surface area contributed by atoms with Crippen molar-refractivity contribution < 1.29 is 17.7 Å². The van der Waals surface area contributed by atoms with Crippen LogP contribution in [0.5, 0.6) is 0 Å².